The first-order chi connectivity index (χ1) is 26.6. The molecule has 0 fully saturated rings. The lowest BCUT2D eigenvalue weighted by Crippen LogP contribution is -2.04. The van der Waals surface area contributed by atoms with Gasteiger partial charge < -0.3 is 10.8 Å². The first kappa shape index (κ1) is 37.5. The van der Waals surface area contributed by atoms with Crippen molar-refractivity contribution >= 4 is 62.4 Å². The molecule has 8 aromatic rings. The zero-order valence-corrected chi connectivity index (χ0v) is 30.2. The molecule has 0 radical (unpaired) electrons. The Morgan fingerprint density at radius 3 is 1.76 bits per heavy atom. The predicted molar refractivity (Wildman–Crippen MR) is 207 cm³/mol. The number of nitrogens with one attached hydrogen (secondary N) is 2. The number of carbonyl (C=O) groups excluding carboxylic acids is 1. The Hall–Kier alpha value is -7.26. The highest BCUT2D eigenvalue weighted by molar-refractivity contribution is 6.32. The van der Waals surface area contributed by atoms with Crippen molar-refractivity contribution in [2.45, 2.75) is 19.5 Å². The van der Waals surface area contributed by atoms with Crippen molar-refractivity contribution in [1.29, 1.82) is 10.5 Å². The molecular weight excluding hydrogens is 741 g/mol. The number of nitrogen functional groups attached to an aromatic ring is 1. The fourth-order valence-corrected chi connectivity index (χ4v) is 5.86. The van der Waals surface area contributed by atoms with Crippen LogP contribution in [0.2, 0.25) is 10.0 Å². The van der Waals surface area contributed by atoms with E-state index < -0.39 is 5.97 Å². The van der Waals surface area contributed by atoms with Gasteiger partial charge in [-0.15, -0.1) is 0 Å². The fourth-order valence-electron chi connectivity index (χ4n) is 5.52. The number of carboxylic acid groups (broad SMARTS) is 1. The maximum atomic E-state index is 12.7. The maximum absolute atomic E-state index is 12.7. The van der Waals surface area contributed by atoms with Gasteiger partial charge in [-0.1, -0.05) is 47.5 Å². The van der Waals surface area contributed by atoms with E-state index in [4.69, 9.17) is 44.6 Å². The smallest absolute Gasteiger partial charge is 0.357 e. The van der Waals surface area contributed by atoms with E-state index in [1.165, 1.54) is 0 Å². The minimum absolute atomic E-state index is 0.00231. The number of aromatic amines is 2. The van der Waals surface area contributed by atoms with Crippen LogP contribution in [0.15, 0.2) is 110 Å². The second-order valence-corrected chi connectivity index (χ2v) is 12.9. The lowest BCUT2D eigenvalue weighted by atomic mass is 10.1. The second kappa shape index (κ2) is 17.0. The lowest BCUT2D eigenvalue weighted by molar-refractivity contribution is 0.0692. The molecule has 5 N–H and O–H groups in total. The van der Waals surface area contributed by atoms with Crippen molar-refractivity contribution in [3.8, 4) is 12.1 Å². The Labute approximate surface area is 323 Å². The number of nitriles is 2. The highest BCUT2D eigenvalue weighted by Gasteiger charge is 2.16. The quantitative estimate of drug-likeness (QED) is 0.115. The summed E-state index contributed by atoms with van der Waals surface area (Å²) in [5.74, 6) is -1.16. The zero-order chi connectivity index (χ0) is 38.9. The molecule has 8 rings (SSSR count). The van der Waals surface area contributed by atoms with Gasteiger partial charge in [0.2, 0.25) is 0 Å². The van der Waals surface area contributed by atoms with E-state index in [1.807, 2.05) is 42.6 Å². The van der Waals surface area contributed by atoms with E-state index >= 15 is 0 Å². The van der Waals surface area contributed by atoms with E-state index in [9.17, 15) is 9.59 Å². The van der Waals surface area contributed by atoms with Crippen LogP contribution < -0.4 is 5.73 Å². The Bertz CT molecular complexity index is 2730. The molecule has 0 saturated heterocycles. The molecule has 4 aromatic carbocycles. The minimum Gasteiger partial charge on any atom is -0.476 e. The predicted octanol–water partition coefficient (Wildman–Crippen LogP) is 7.06. The number of benzene rings is 4. The number of aromatic nitrogens is 8. The summed E-state index contributed by atoms with van der Waals surface area (Å²) in [6, 6.07) is 29.3. The third-order valence-corrected chi connectivity index (χ3v) is 8.49. The number of carboxylic acids is 1. The molecule has 4 heterocycles. The third-order valence-electron chi connectivity index (χ3n) is 8.02. The first-order valence-electron chi connectivity index (χ1n) is 16.4. The summed E-state index contributed by atoms with van der Waals surface area (Å²) < 4.78 is 3.49. The van der Waals surface area contributed by atoms with Crippen LogP contribution in [0.3, 0.4) is 0 Å². The Kier molecular flexibility index (Phi) is 11.6. The molecule has 0 unspecified atom stereocenters. The number of ketones is 1. The molecule has 0 saturated carbocycles. The molecule has 0 atom stereocenters. The summed E-state index contributed by atoms with van der Waals surface area (Å²) in [5, 5.41) is 50.4. The number of nitrogens with zero attached hydrogens (tertiary/aromatic N) is 8. The van der Waals surface area contributed by atoms with Crippen molar-refractivity contribution in [3.05, 3.63) is 159 Å². The number of fused-ring (bicyclic) bond motifs is 2. The molecule has 0 amide bonds. The van der Waals surface area contributed by atoms with Gasteiger partial charge in [-0.05, 0) is 77.4 Å². The topological polar surface area (TPSA) is 221 Å². The standard InChI is InChI=1S/C20H14ClN5O.C11H10N4.C8H5ClN2O2/c21-16-4-5-18-17(8-16)20(25-24-18)19(27)7-15-10-23-26(12-15)11-14-3-1-2-13(6-14)9-22;12-5-9-2-1-3-10(4-9)7-15-8-11(13)6-14-15;9-4-1-2-6-5(3-4)7(8(12)13)11-10-6/h1-6,8,10,12H,7,11H2,(H,24,25);1-4,6,8H,7,13H2;1-3H,(H,10,11)(H,12,13). The number of Topliss-reactive ketones (excluding diaryl/α,β-unsaturated/α-hetero) is 1. The Balaban J connectivity index is 0.000000155. The van der Waals surface area contributed by atoms with Gasteiger partial charge >= 0.3 is 5.97 Å². The molecule has 16 heteroatoms. The van der Waals surface area contributed by atoms with E-state index in [0.29, 0.717) is 61.9 Å². The highest BCUT2D eigenvalue weighted by atomic mass is 35.5. The molecular formula is C39H29Cl2N11O3. The number of halogens is 2. The van der Waals surface area contributed by atoms with Crippen LogP contribution in [-0.2, 0) is 19.5 Å². The number of H-pyrrole nitrogens is 2. The van der Waals surface area contributed by atoms with Crippen molar-refractivity contribution in [1.82, 2.24) is 40.0 Å². The number of anilines is 1. The number of hydrogen-bond donors (Lipinski definition) is 4. The monoisotopic (exact) mass is 769 g/mol. The SMILES string of the molecule is N#Cc1cccc(Cn2cc(CC(=O)c3n[nH]c4ccc(Cl)cc34)cn2)c1.N#Cc1cccc(Cn2cc(N)cn2)c1.O=C(O)c1n[nH]c2ccc(Cl)cc12. The van der Waals surface area contributed by atoms with Gasteiger partial charge in [0.1, 0.15) is 5.69 Å². The molecule has 0 spiro atoms. The summed E-state index contributed by atoms with van der Waals surface area (Å²) in [6.07, 6.45) is 7.07. The maximum Gasteiger partial charge on any atom is 0.357 e. The molecule has 0 aliphatic carbocycles. The second-order valence-electron chi connectivity index (χ2n) is 12.1. The van der Waals surface area contributed by atoms with Gasteiger partial charge in [0, 0.05) is 39.6 Å². The number of carbonyl (C=O) groups is 2. The number of aromatic carboxylic acids is 1. The Morgan fingerprint density at radius 2 is 1.24 bits per heavy atom. The van der Waals surface area contributed by atoms with Gasteiger partial charge in [0.25, 0.3) is 0 Å². The van der Waals surface area contributed by atoms with Gasteiger partial charge in [-0.3, -0.25) is 24.4 Å². The number of nitrogens with two attached hydrogens (primary N) is 1. The van der Waals surface area contributed by atoms with E-state index in [-0.39, 0.29) is 17.9 Å². The first-order valence-corrected chi connectivity index (χ1v) is 17.1. The van der Waals surface area contributed by atoms with Crippen LogP contribution in [0, 0.1) is 22.7 Å². The molecule has 272 valence electrons. The van der Waals surface area contributed by atoms with Crippen molar-refractivity contribution < 1.29 is 14.7 Å². The van der Waals surface area contributed by atoms with Crippen LogP contribution in [0.25, 0.3) is 21.8 Å². The van der Waals surface area contributed by atoms with Gasteiger partial charge in [0.15, 0.2) is 11.5 Å². The summed E-state index contributed by atoms with van der Waals surface area (Å²) in [4.78, 5) is 23.3. The largest absolute Gasteiger partial charge is 0.476 e. The fraction of sp³-hybridized carbons (Fsp3) is 0.0769. The van der Waals surface area contributed by atoms with Crippen LogP contribution in [0.4, 0.5) is 5.69 Å². The van der Waals surface area contributed by atoms with E-state index in [2.05, 4.69) is 42.7 Å². The molecule has 4 aromatic heterocycles. The molecule has 0 bridgehead atoms. The highest BCUT2D eigenvalue weighted by Crippen LogP contribution is 2.22. The Morgan fingerprint density at radius 1 is 0.709 bits per heavy atom. The summed E-state index contributed by atoms with van der Waals surface area (Å²) >= 11 is 11.7. The van der Waals surface area contributed by atoms with Crippen molar-refractivity contribution in [3.63, 3.8) is 0 Å². The molecule has 0 aliphatic rings. The van der Waals surface area contributed by atoms with Crippen LogP contribution in [0.5, 0.6) is 0 Å². The number of rotatable bonds is 8. The summed E-state index contributed by atoms with van der Waals surface area (Å²) in [7, 11) is 0. The van der Waals surface area contributed by atoms with E-state index in [1.54, 1.807) is 76.5 Å². The van der Waals surface area contributed by atoms with Crippen molar-refractivity contribution in [2.75, 3.05) is 5.73 Å². The summed E-state index contributed by atoms with van der Waals surface area (Å²) in [6.45, 7) is 1.16. The minimum atomic E-state index is -1.06. The molecule has 55 heavy (non-hydrogen) atoms. The van der Waals surface area contributed by atoms with Crippen LogP contribution >= 0.6 is 23.2 Å². The zero-order valence-electron chi connectivity index (χ0n) is 28.7. The van der Waals surface area contributed by atoms with Crippen LogP contribution in [0.1, 0.15) is 48.8 Å². The van der Waals surface area contributed by atoms with Crippen molar-refractivity contribution in [2.24, 2.45) is 0 Å². The van der Waals surface area contributed by atoms with E-state index in [0.717, 1.165) is 22.2 Å². The normalized spacial score (nSPS) is 10.5. The third kappa shape index (κ3) is 9.60. The van der Waals surface area contributed by atoms with Gasteiger partial charge in [-0.25, -0.2) is 4.79 Å². The number of hydrogen-bond acceptors (Lipinski definition) is 9. The average Bonchev–Trinajstić information content (AvgIpc) is 3.99. The van der Waals surface area contributed by atoms with Crippen LogP contribution in [-0.4, -0.2) is 56.8 Å². The average molecular weight is 771 g/mol. The lowest BCUT2D eigenvalue weighted by Gasteiger charge is -2.02. The molecule has 14 nitrogen and oxygen atoms in total. The summed E-state index contributed by atoms with van der Waals surface area (Å²) in [5.41, 5.74) is 12.1. The van der Waals surface area contributed by atoms with Gasteiger partial charge in [0.05, 0.1) is 65.5 Å². The van der Waals surface area contributed by atoms with Gasteiger partial charge in [-0.2, -0.15) is 30.9 Å². The molecule has 0 aliphatic heterocycles.